The number of para-hydroxylation sites is 1. The maximum absolute atomic E-state index is 11.3. The largest absolute Gasteiger partial charge is 0.493 e. The van der Waals surface area contributed by atoms with Gasteiger partial charge in [-0.2, -0.15) is 0 Å². The van der Waals surface area contributed by atoms with E-state index in [1.807, 2.05) is 13.8 Å². The molecule has 2 rings (SSSR count). The van der Waals surface area contributed by atoms with Crippen LogP contribution in [0.1, 0.15) is 31.7 Å². The molecule has 0 bridgehead atoms. The summed E-state index contributed by atoms with van der Waals surface area (Å²) in [5.41, 5.74) is 0.196. The first-order valence-electron chi connectivity index (χ1n) is 5.53. The van der Waals surface area contributed by atoms with E-state index >= 15 is 0 Å². The number of methoxy groups -OCH3 is 1. The lowest BCUT2D eigenvalue weighted by atomic mass is 9.84. The fraction of sp³-hybridized carbons (Fsp3) is 0.462. The minimum absolute atomic E-state index is 0.461. The van der Waals surface area contributed by atoms with Crippen molar-refractivity contribution in [1.82, 2.24) is 0 Å². The molecule has 1 unspecified atom stereocenters. The van der Waals surface area contributed by atoms with Crippen molar-refractivity contribution < 1.29 is 19.4 Å². The van der Waals surface area contributed by atoms with E-state index in [2.05, 4.69) is 0 Å². The van der Waals surface area contributed by atoms with Crippen LogP contribution in [0, 0.1) is 0 Å². The van der Waals surface area contributed by atoms with Crippen LogP contribution in [0.15, 0.2) is 18.2 Å². The van der Waals surface area contributed by atoms with E-state index in [1.54, 1.807) is 25.3 Å². The van der Waals surface area contributed by atoms with Crippen LogP contribution >= 0.6 is 0 Å². The number of carbonyl (C=O) groups is 1. The van der Waals surface area contributed by atoms with Gasteiger partial charge in [-0.05, 0) is 19.9 Å². The molecule has 0 saturated heterocycles. The van der Waals surface area contributed by atoms with E-state index < -0.39 is 17.5 Å². The lowest BCUT2D eigenvalue weighted by molar-refractivity contribution is -0.140. The summed E-state index contributed by atoms with van der Waals surface area (Å²) in [7, 11) is 1.55. The Kier molecular flexibility index (Phi) is 2.73. The Balaban J connectivity index is 2.56. The predicted molar refractivity (Wildman–Crippen MR) is 62.7 cm³/mol. The monoisotopic (exact) mass is 236 g/mol. The van der Waals surface area contributed by atoms with Gasteiger partial charge in [0.1, 0.15) is 5.60 Å². The molecular weight excluding hydrogens is 220 g/mol. The van der Waals surface area contributed by atoms with Crippen LogP contribution in [-0.2, 0) is 4.79 Å². The zero-order chi connectivity index (χ0) is 12.6. The van der Waals surface area contributed by atoms with Crippen LogP contribution in [0.25, 0.3) is 0 Å². The number of carboxylic acids is 1. The summed E-state index contributed by atoms with van der Waals surface area (Å²) in [6.07, 6.45) is 0.461. The van der Waals surface area contributed by atoms with E-state index in [9.17, 15) is 9.90 Å². The summed E-state index contributed by atoms with van der Waals surface area (Å²) >= 11 is 0. The Hall–Kier alpha value is -1.71. The van der Waals surface area contributed by atoms with Gasteiger partial charge in [0.15, 0.2) is 11.5 Å². The van der Waals surface area contributed by atoms with Crippen molar-refractivity contribution >= 4 is 5.97 Å². The van der Waals surface area contributed by atoms with E-state index in [-0.39, 0.29) is 0 Å². The quantitative estimate of drug-likeness (QED) is 0.856. The summed E-state index contributed by atoms with van der Waals surface area (Å²) < 4.78 is 11.0. The second-order valence-electron chi connectivity index (χ2n) is 4.84. The van der Waals surface area contributed by atoms with Crippen molar-refractivity contribution in [1.29, 1.82) is 0 Å². The molecule has 92 valence electrons. The lowest BCUT2D eigenvalue weighted by Gasteiger charge is -2.36. The number of benzene rings is 1. The van der Waals surface area contributed by atoms with E-state index in [1.165, 1.54) is 0 Å². The predicted octanol–water partition coefficient (Wildman–Crippen LogP) is 2.42. The highest BCUT2D eigenvalue weighted by atomic mass is 16.5. The summed E-state index contributed by atoms with van der Waals surface area (Å²) in [5.74, 6) is -0.222. The fourth-order valence-electron chi connectivity index (χ4n) is 2.22. The molecule has 1 aromatic rings. The minimum Gasteiger partial charge on any atom is -0.493 e. The average molecular weight is 236 g/mol. The van der Waals surface area contributed by atoms with Gasteiger partial charge in [-0.25, -0.2) is 0 Å². The minimum atomic E-state index is -0.823. The van der Waals surface area contributed by atoms with Gasteiger partial charge in [-0.3, -0.25) is 4.79 Å². The second kappa shape index (κ2) is 3.95. The van der Waals surface area contributed by atoms with Crippen LogP contribution in [0.4, 0.5) is 0 Å². The number of fused-ring (bicyclic) bond motifs is 1. The number of hydrogen-bond acceptors (Lipinski definition) is 3. The zero-order valence-corrected chi connectivity index (χ0v) is 10.2. The molecule has 1 aliphatic rings. The van der Waals surface area contributed by atoms with Gasteiger partial charge in [0.05, 0.1) is 13.0 Å². The summed E-state index contributed by atoms with van der Waals surface area (Å²) in [6.45, 7) is 3.77. The molecular formula is C13H16O4. The van der Waals surface area contributed by atoms with Gasteiger partial charge >= 0.3 is 5.97 Å². The summed E-state index contributed by atoms with van der Waals surface area (Å²) in [4.78, 5) is 11.3. The van der Waals surface area contributed by atoms with Crippen molar-refractivity contribution in [2.24, 2.45) is 0 Å². The Labute approximate surface area is 100 Å². The molecule has 0 fully saturated rings. The molecule has 0 amide bonds. The highest BCUT2D eigenvalue weighted by Crippen LogP contribution is 2.45. The summed E-state index contributed by atoms with van der Waals surface area (Å²) in [6, 6.07) is 5.35. The van der Waals surface area contributed by atoms with Gasteiger partial charge in [-0.1, -0.05) is 12.1 Å². The molecule has 0 spiro atoms. The first-order chi connectivity index (χ1) is 7.94. The average Bonchev–Trinajstić information content (AvgIpc) is 2.26. The number of carboxylic acid groups (broad SMARTS) is 1. The SMILES string of the molecule is COc1cccc2c1OC(C)(C)CC2C(=O)O. The van der Waals surface area contributed by atoms with Crippen LogP contribution in [0.2, 0.25) is 0 Å². The van der Waals surface area contributed by atoms with E-state index in [0.29, 0.717) is 23.5 Å². The van der Waals surface area contributed by atoms with Crippen LogP contribution in [-0.4, -0.2) is 23.8 Å². The standard InChI is InChI=1S/C13H16O4/c1-13(2)7-9(12(14)15)8-5-4-6-10(16-3)11(8)17-13/h4-6,9H,7H2,1-3H3,(H,14,15). The Morgan fingerprint density at radius 1 is 1.53 bits per heavy atom. The van der Waals surface area contributed by atoms with Crippen molar-refractivity contribution in [3.63, 3.8) is 0 Å². The molecule has 0 radical (unpaired) electrons. The Morgan fingerprint density at radius 2 is 2.24 bits per heavy atom. The molecule has 4 nitrogen and oxygen atoms in total. The van der Waals surface area contributed by atoms with Gasteiger partial charge < -0.3 is 14.6 Å². The molecule has 17 heavy (non-hydrogen) atoms. The fourth-order valence-corrected chi connectivity index (χ4v) is 2.22. The Morgan fingerprint density at radius 3 is 2.82 bits per heavy atom. The van der Waals surface area contributed by atoms with Crippen molar-refractivity contribution in [3.05, 3.63) is 23.8 Å². The third-order valence-corrected chi connectivity index (χ3v) is 2.98. The van der Waals surface area contributed by atoms with E-state index in [0.717, 1.165) is 0 Å². The van der Waals surface area contributed by atoms with Crippen LogP contribution in [0.3, 0.4) is 0 Å². The maximum Gasteiger partial charge on any atom is 0.311 e. The van der Waals surface area contributed by atoms with E-state index in [4.69, 9.17) is 9.47 Å². The lowest BCUT2D eigenvalue weighted by Crippen LogP contribution is -2.37. The third kappa shape index (κ3) is 2.07. The van der Waals surface area contributed by atoms with Gasteiger partial charge in [0.2, 0.25) is 0 Å². The molecule has 0 saturated carbocycles. The van der Waals surface area contributed by atoms with Crippen molar-refractivity contribution in [2.75, 3.05) is 7.11 Å². The first kappa shape index (κ1) is 11.8. The molecule has 1 heterocycles. The normalized spacial score (nSPS) is 21.2. The number of rotatable bonds is 2. The summed E-state index contributed by atoms with van der Waals surface area (Å²) in [5, 5.41) is 9.28. The number of ether oxygens (including phenoxy) is 2. The van der Waals surface area contributed by atoms with Crippen molar-refractivity contribution in [2.45, 2.75) is 31.8 Å². The van der Waals surface area contributed by atoms with Gasteiger partial charge in [0, 0.05) is 12.0 Å². The second-order valence-corrected chi connectivity index (χ2v) is 4.84. The third-order valence-electron chi connectivity index (χ3n) is 2.98. The maximum atomic E-state index is 11.3. The Bertz CT molecular complexity index is 451. The highest BCUT2D eigenvalue weighted by molar-refractivity contribution is 5.78. The number of hydrogen-bond donors (Lipinski definition) is 1. The zero-order valence-electron chi connectivity index (χ0n) is 10.2. The highest BCUT2D eigenvalue weighted by Gasteiger charge is 2.38. The molecule has 0 aliphatic carbocycles. The molecule has 4 heteroatoms. The molecule has 0 aromatic heterocycles. The van der Waals surface area contributed by atoms with Crippen LogP contribution in [0.5, 0.6) is 11.5 Å². The molecule has 1 aromatic carbocycles. The number of aliphatic carboxylic acids is 1. The smallest absolute Gasteiger partial charge is 0.311 e. The van der Waals surface area contributed by atoms with Crippen molar-refractivity contribution in [3.8, 4) is 11.5 Å². The van der Waals surface area contributed by atoms with Gasteiger partial charge in [-0.15, -0.1) is 0 Å². The molecule has 1 N–H and O–H groups in total. The van der Waals surface area contributed by atoms with Crippen LogP contribution < -0.4 is 9.47 Å². The molecule has 1 aliphatic heterocycles. The molecule has 1 atom stereocenters. The van der Waals surface area contributed by atoms with Gasteiger partial charge in [0.25, 0.3) is 0 Å². The first-order valence-corrected chi connectivity index (χ1v) is 5.53. The topological polar surface area (TPSA) is 55.8 Å².